The molecule has 0 spiro atoms. The Labute approximate surface area is 131 Å². The predicted molar refractivity (Wildman–Crippen MR) is 82.2 cm³/mol. The summed E-state index contributed by atoms with van der Waals surface area (Å²) in [6.07, 6.45) is -3.07. The van der Waals surface area contributed by atoms with E-state index >= 15 is 0 Å². The zero-order valence-corrected chi connectivity index (χ0v) is 12.5. The molecule has 0 aliphatic rings. The van der Waals surface area contributed by atoms with Gasteiger partial charge in [0.1, 0.15) is 11.5 Å². The number of nitrogens with zero attached hydrogens (tertiary/aromatic N) is 1. The molecule has 0 unspecified atom stereocenters. The molecule has 7 heteroatoms. The Bertz CT molecular complexity index is 700. The predicted octanol–water partition coefficient (Wildman–Crippen LogP) is 4.17. The highest BCUT2D eigenvalue weighted by atomic mass is 19.4. The first-order valence-corrected chi connectivity index (χ1v) is 6.63. The van der Waals surface area contributed by atoms with Crippen LogP contribution in [0.2, 0.25) is 0 Å². The Morgan fingerprint density at radius 2 is 1.78 bits per heavy atom. The van der Waals surface area contributed by atoms with Crippen molar-refractivity contribution in [3.8, 4) is 11.5 Å². The van der Waals surface area contributed by atoms with Crippen LogP contribution in [0.15, 0.2) is 47.6 Å². The maximum absolute atomic E-state index is 12.9. The smallest absolute Gasteiger partial charge is 0.418 e. The summed E-state index contributed by atoms with van der Waals surface area (Å²) >= 11 is 0. The fourth-order valence-corrected chi connectivity index (χ4v) is 1.92. The molecular weight excluding hydrogens is 309 g/mol. The average molecular weight is 324 g/mol. The number of halogens is 3. The van der Waals surface area contributed by atoms with Gasteiger partial charge in [-0.3, -0.25) is 5.43 Å². The van der Waals surface area contributed by atoms with Crippen LogP contribution in [0.1, 0.15) is 11.1 Å². The molecule has 2 rings (SSSR count). The summed E-state index contributed by atoms with van der Waals surface area (Å²) in [6, 6.07) is 10.2. The highest BCUT2D eigenvalue weighted by Crippen LogP contribution is 2.34. The number of alkyl halides is 3. The Morgan fingerprint density at radius 3 is 2.43 bits per heavy atom. The third kappa shape index (κ3) is 4.15. The van der Waals surface area contributed by atoms with E-state index in [0.717, 1.165) is 6.07 Å². The van der Waals surface area contributed by atoms with Crippen LogP contribution in [-0.2, 0) is 6.18 Å². The van der Waals surface area contributed by atoms with E-state index in [9.17, 15) is 13.2 Å². The summed E-state index contributed by atoms with van der Waals surface area (Å²) in [5.74, 6) is 1.10. The second-order valence-electron chi connectivity index (χ2n) is 4.52. The molecule has 4 nitrogen and oxygen atoms in total. The van der Waals surface area contributed by atoms with Crippen molar-refractivity contribution in [3.05, 3.63) is 53.6 Å². The standard InChI is InChI=1S/C16H15F3N2O2/c1-22-12-8-7-11(15(9-12)23-2)10-20-21-14-6-4-3-5-13(14)16(17,18)19/h3-10,21H,1-2H3/b20-10-. The van der Waals surface area contributed by atoms with E-state index in [0.29, 0.717) is 17.1 Å². The minimum absolute atomic E-state index is 0.122. The summed E-state index contributed by atoms with van der Waals surface area (Å²) in [5.41, 5.74) is 2.11. The lowest BCUT2D eigenvalue weighted by Gasteiger charge is -2.11. The van der Waals surface area contributed by atoms with E-state index < -0.39 is 11.7 Å². The lowest BCUT2D eigenvalue weighted by atomic mass is 10.2. The van der Waals surface area contributed by atoms with Gasteiger partial charge in [0.15, 0.2) is 0 Å². The minimum Gasteiger partial charge on any atom is -0.497 e. The SMILES string of the molecule is COc1ccc(/C=N\Nc2ccccc2C(F)(F)F)c(OC)c1. The quantitative estimate of drug-likeness (QED) is 0.663. The number of hydrazone groups is 1. The number of hydrogen-bond acceptors (Lipinski definition) is 4. The van der Waals surface area contributed by atoms with Crippen LogP contribution in [0.5, 0.6) is 11.5 Å². The number of anilines is 1. The van der Waals surface area contributed by atoms with Crippen LogP contribution in [0.3, 0.4) is 0 Å². The molecule has 0 saturated heterocycles. The number of benzene rings is 2. The first-order valence-electron chi connectivity index (χ1n) is 6.63. The van der Waals surface area contributed by atoms with Crippen LogP contribution in [0.4, 0.5) is 18.9 Å². The van der Waals surface area contributed by atoms with Gasteiger partial charge >= 0.3 is 6.18 Å². The number of ether oxygens (including phenoxy) is 2. The minimum atomic E-state index is -4.45. The van der Waals surface area contributed by atoms with Crippen molar-refractivity contribution in [1.29, 1.82) is 0 Å². The van der Waals surface area contributed by atoms with E-state index in [2.05, 4.69) is 10.5 Å². The molecule has 23 heavy (non-hydrogen) atoms. The second kappa shape index (κ2) is 7.04. The number of para-hydroxylation sites is 1. The molecule has 0 radical (unpaired) electrons. The fraction of sp³-hybridized carbons (Fsp3) is 0.188. The van der Waals surface area contributed by atoms with Gasteiger partial charge < -0.3 is 9.47 Å². The van der Waals surface area contributed by atoms with Gasteiger partial charge in [0, 0.05) is 11.6 Å². The van der Waals surface area contributed by atoms with E-state index in [-0.39, 0.29) is 5.69 Å². The van der Waals surface area contributed by atoms with Crippen molar-refractivity contribution < 1.29 is 22.6 Å². The summed E-state index contributed by atoms with van der Waals surface area (Å²) in [7, 11) is 3.01. The molecule has 0 aliphatic heterocycles. The normalized spacial score (nSPS) is 11.5. The molecule has 0 bridgehead atoms. The maximum Gasteiger partial charge on any atom is 0.418 e. The number of methoxy groups -OCH3 is 2. The van der Waals surface area contributed by atoms with Crippen LogP contribution in [0.25, 0.3) is 0 Å². The molecule has 0 aliphatic carbocycles. The summed E-state index contributed by atoms with van der Waals surface area (Å²) in [6.45, 7) is 0. The van der Waals surface area contributed by atoms with Gasteiger partial charge in [-0.15, -0.1) is 0 Å². The van der Waals surface area contributed by atoms with Crippen LogP contribution in [0, 0.1) is 0 Å². The molecule has 0 saturated carbocycles. The monoisotopic (exact) mass is 324 g/mol. The number of hydrogen-bond donors (Lipinski definition) is 1. The zero-order chi connectivity index (χ0) is 16.9. The molecular formula is C16H15F3N2O2. The molecule has 0 heterocycles. The summed E-state index contributed by atoms with van der Waals surface area (Å²) < 4.78 is 48.9. The lowest BCUT2D eigenvalue weighted by Crippen LogP contribution is -2.08. The van der Waals surface area contributed by atoms with Crippen molar-refractivity contribution in [3.63, 3.8) is 0 Å². The Morgan fingerprint density at radius 1 is 1.04 bits per heavy atom. The maximum atomic E-state index is 12.9. The van der Waals surface area contributed by atoms with Gasteiger partial charge in [-0.05, 0) is 24.3 Å². The molecule has 0 aromatic heterocycles. The van der Waals surface area contributed by atoms with Gasteiger partial charge in [0.2, 0.25) is 0 Å². The third-order valence-electron chi connectivity index (χ3n) is 3.06. The summed E-state index contributed by atoms with van der Waals surface area (Å²) in [4.78, 5) is 0. The average Bonchev–Trinajstić information content (AvgIpc) is 2.54. The molecule has 122 valence electrons. The van der Waals surface area contributed by atoms with Crippen LogP contribution in [-0.4, -0.2) is 20.4 Å². The van der Waals surface area contributed by atoms with Gasteiger partial charge in [-0.2, -0.15) is 18.3 Å². The van der Waals surface area contributed by atoms with E-state index in [4.69, 9.17) is 9.47 Å². The largest absolute Gasteiger partial charge is 0.497 e. The molecule has 0 amide bonds. The highest BCUT2D eigenvalue weighted by molar-refractivity contribution is 5.84. The van der Waals surface area contributed by atoms with Crippen molar-refractivity contribution in [2.24, 2.45) is 5.10 Å². The Balaban J connectivity index is 2.20. The molecule has 1 N–H and O–H groups in total. The fourth-order valence-electron chi connectivity index (χ4n) is 1.92. The van der Waals surface area contributed by atoms with Crippen LogP contribution < -0.4 is 14.9 Å². The lowest BCUT2D eigenvalue weighted by molar-refractivity contribution is -0.136. The highest BCUT2D eigenvalue weighted by Gasteiger charge is 2.33. The molecule has 2 aromatic rings. The Kier molecular flexibility index (Phi) is 5.10. The van der Waals surface area contributed by atoms with Crippen molar-refractivity contribution in [2.45, 2.75) is 6.18 Å². The van der Waals surface area contributed by atoms with Crippen molar-refractivity contribution in [2.75, 3.05) is 19.6 Å². The van der Waals surface area contributed by atoms with Gasteiger partial charge in [0.25, 0.3) is 0 Å². The van der Waals surface area contributed by atoms with Crippen molar-refractivity contribution in [1.82, 2.24) is 0 Å². The third-order valence-corrected chi connectivity index (χ3v) is 3.06. The van der Waals surface area contributed by atoms with Gasteiger partial charge in [-0.1, -0.05) is 12.1 Å². The molecule has 0 atom stereocenters. The van der Waals surface area contributed by atoms with Crippen LogP contribution >= 0.6 is 0 Å². The first-order chi connectivity index (χ1) is 11.0. The van der Waals surface area contributed by atoms with E-state index in [1.165, 1.54) is 38.6 Å². The van der Waals surface area contributed by atoms with Gasteiger partial charge in [0.05, 0.1) is 31.7 Å². The first kappa shape index (κ1) is 16.7. The van der Waals surface area contributed by atoms with Gasteiger partial charge in [-0.25, -0.2) is 0 Å². The topological polar surface area (TPSA) is 42.8 Å². The zero-order valence-electron chi connectivity index (χ0n) is 12.5. The molecule has 2 aromatic carbocycles. The summed E-state index contributed by atoms with van der Waals surface area (Å²) in [5, 5.41) is 3.85. The number of nitrogens with one attached hydrogen (secondary N) is 1. The Hall–Kier alpha value is -2.70. The second-order valence-corrected chi connectivity index (χ2v) is 4.52. The van der Waals surface area contributed by atoms with E-state index in [1.807, 2.05) is 0 Å². The van der Waals surface area contributed by atoms with Crippen molar-refractivity contribution >= 4 is 11.9 Å². The number of rotatable bonds is 5. The van der Waals surface area contributed by atoms with E-state index in [1.54, 1.807) is 18.2 Å². The molecule has 0 fully saturated rings.